The molecular formula is C6H6ClNO2. The summed E-state index contributed by atoms with van der Waals surface area (Å²) in [6.07, 6.45) is 3.68. The van der Waals surface area contributed by atoms with Crippen LogP contribution in [-0.4, -0.2) is 17.3 Å². The molecule has 0 saturated heterocycles. The maximum absolute atomic E-state index is 9.97. The second kappa shape index (κ2) is 2.94. The summed E-state index contributed by atoms with van der Waals surface area (Å²) in [6, 6.07) is -0.725. The molecule has 54 valence electrons. The van der Waals surface area contributed by atoms with E-state index in [1.165, 1.54) is 12.2 Å². The normalized spacial score (nSPS) is 31.6. The SMILES string of the molecule is O=N[C@H]1C=CC=C(Cl)[C@H]1O. The van der Waals surface area contributed by atoms with E-state index in [4.69, 9.17) is 16.7 Å². The van der Waals surface area contributed by atoms with Crippen molar-refractivity contribution in [1.29, 1.82) is 0 Å². The zero-order valence-electron chi connectivity index (χ0n) is 5.07. The summed E-state index contributed by atoms with van der Waals surface area (Å²) in [5.41, 5.74) is 0. The molecular weight excluding hydrogens is 154 g/mol. The molecule has 0 amide bonds. The van der Waals surface area contributed by atoms with E-state index >= 15 is 0 Å². The van der Waals surface area contributed by atoms with E-state index in [0.717, 1.165) is 0 Å². The Kier molecular flexibility index (Phi) is 2.19. The molecule has 0 radical (unpaired) electrons. The fraction of sp³-hybridized carbons (Fsp3) is 0.333. The molecule has 3 nitrogen and oxygen atoms in total. The van der Waals surface area contributed by atoms with Crippen LogP contribution >= 0.6 is 11.6 Å². The Morgan fingerprint density at radius 2 is 2.40 bits per heavy atom. The second-order valence-electron chi connectivity index (χ2n) is 1.98. The van der Waals surface area contributed by atoms with Crippen LogP contribution in [0.1, 0.15) is 0 Å². The minimum Gasteiger partial charge on any atom is -0.385 e. The summed E-state index contributed by atoms with van der Waals surface area (Å²) in [7, 11) is 0. The Bertz CT molecular complexity index is 200. The number of nitroso groups, excluding NO2 is 1. The monoisotopic (exact) mass is 159 g/mol. The zero-order chi connectivity index (χ0) is 7.56. The molecule has 0 aromatic rings. The minimum atomic E-state index is -0.954. The molecule has 0 saturated carbocycles. The molecule has 0 fully saturated rings. The third kappa shape index (κ3) is 1.25. The summed E-state index contributed by atoms with van der Waals surface area (Å²) >= 11 is 5.50. The van der Waals surface area contributed by atoms with Crippen LogP contribution in [0.5, 0.6) is 0 Å². The lowest BCUT2D eigenvalue weighted by Crippen LogP contribution is -2.23. The zero-order valence-corrected chi connectivity index (χ0v) is 5.82. The second-order valence-corrected chi connectivity index (χ2v) is 2.41. The standard InChI is InChI=1S/C6H6ClNO2/c7-4-2-1-3-5(8-10)6(4)9/h1-3,5-6,9H/t5-,6+/m0/s1. The van der Waals surface area contributed by atoms with Gasteiger partial charge >= 0.3 is 0 Å². The van der Waals surface area contributed by atoms with Gasteiger partial charge in [0.1, 0.15) is 12.1 Å². The number of aliphatic hydroxyl groups excluding tert-OH is 1. The molecule has 1 aliphatic rings. The van der Waals surface area contributed by atoms with Gasteiger partial charge in [-0.05, 0) is 6.08 Å². The average Bonchev–Trinajstić information content (AvgIpc) is 1.95. The third-order valence-corrected chi connectivity index (χ3v) is 1.64. The molecule has 0 unspecified atom stereocenters. The molecule has 4 heteroatoms. The van der Waals surface area contributed by atoms with Gasteiger partial charge in [-0.25, -0.2) is 0 Å². The van der Waals surface area contributed by atoms with Crippen molar-refractivity contribution in [3.8, 4) is 0 Å². The number of rotatable bonds is 1. The van der Waals surface area contributed by atoms with Crippen molar-refractivity contribution in [2.24, 2.45) is 5.18 Å². The molecule has 2 atom stereocenters. The maximum Gasteiger partial charge on any atom is 0.141 e. The highest BCUT2D eigenvalue weighted by Gasteiger charge is 2.21. The number of nitrogens with zero attached hydrogens (tertiary/aromatic N) is 1. The average molecular weight is 160 g/mol. The van der Waals surface area contributed by atoms with E-state index < -0.39 is 12.1 Å². The summed E-state index contributed by atoms with van der Waals surface area (Å²) in [5.74, 6) is 0. The van der Waals surface area contributed by atoms with Crippen LogP contribution in [0.25, 0.3) is 0 Å². The van der Waals surface area contributed by atoms with E-state index in [1.807, 2.05) is 0 Å². The maximum atomic E-state index is 9.97. The predicted octanol–water partition coefficient (Wildman–Crippen LogP) is 1.17. The van der Waals surface area contributed by atoms with Crippen molar-refractivity contribution in [3.63, 3.8) is 0 Å². The Hall–Kier alpha value is -0.670. The number of aliphatic hydroxyl groups is 1. The van der Waals surface area contributed by atoms with Crippen LogP contribution in [0.4, 0.5) is 0 Å². The molecule has 0 heterocycles. The van der Waals surface area contributed by atoms with Gasteiger partial charge < -0.3 is 5.11 Å². The van der Waals surface area contributed by atoms with Crippen LogP contribution in [0.3, 0.4) is 0 Å². The van der Waals surface area contributed by atoms with Gasteiger partial charge in [-0.3, -0.25) is 0 Å². The number of hydrogen-bond donors (Lipinski definition) is 1. The third-order valence-electron chi connectivity index (χ3n) is 1.29. The Balaban J connectivity index is 2.77. The largest absolute Gasteiger partial charge is 0.385 e. The first-order chi connectivity index (χ1) is 4.75. The first kappa shape index (κ1) is 7.44. The quantitative estimate of drug-likeness (QED) is 0.584. The minimum absolute atomic E-state index is 0.257. The molecule has 10 heavy (non-hydrogen) atoms. The van der Waals surface area contributed by atoms with Gasteiger partial charge in [0.2, 0.25) is 0 Å². The molecule has 0 spiro atoms. The van der Waals surface area contributed by atoms with Crippen LogP contribution in [0, 0.1) is 4.91 Å². The Morgan fingerprint density at radius 1 is 1.70 bits per heavy atom. The fourth-order valence-corrected chi connectivity index (χ4v) is 0.923. The lowest BCUT2D eigenvalue weighted by atomic mass is 10.1. The molecule has 1 aliphatic carbocycles. The summed E-state index contributed by atoms with van der Waals surface area (Å²) in [6.45, 7) is 0. The molecule has 1 rings (SSSR count). The van der Waals surface area contributed by atoms with Crippen LogP contribution in [0.2, 0.25) is 0 Å². The number of halogens is 1. The fourth-order valence-electron chi connectivity index (χ4n) is 0.721. The molecule has 0 aliphatic heterocycles. The summed E-state index contributed by atoms with van der Waals surface area (Å²) < 4.78 is 0. The van der Waals surface area contributed by atoms with Gasteiger partial charge in [-0.1, -0.05) is 28.9 Å². The van der Waals surface area contributed by atoms with Gasteiger partial charge in [0.15, 0.2) is 0 Å². The van der Waals surface area contributed by atoms with E-state index in [9.17, 15) is 4.91 Å². The van der Waals surface area contributed by atoms with Crippen LogP contribution in [0.15, 0.2) is 28.4 Å². The van der Waals surface area contributed by atoms with Gasteiger partial charge in [-0.15, -0.1) is 0 Å². The Morgan fingerprint density at radius 3 is 2.90 bits per heavy atom. The van der Waals surface area contributed by atoms with E-state index in [1.54, 1.807) is 6.08 Å². The highest BCUT2D eigenvalue weighted by molar-refractivity contribution is 6.30. The summed E-state index contributed by atoms with van der Waals surface area (Å²) in [4.78, 5) is 9.97. The lowest BCUT2D eigenvalue weighted by Gasteiger charge is -2.14. The summed E-state index contributed by atoms with van der Waals surface area (Å²) in [5, 5.41) is 12.0. The smallest absolute Gasteiger partial charge is 0.141 e. The molecule has 0 bridgehead atoms. The number of allylic oxidation sites excluding steroid dienone is 2. The molecule has 1 N–H and O–H groups in total. The predicted molar refractivity (Wildman–Crippen MR) is 38.7 cm³/mol. The van der Waals surface area contributed by atoms with Crippen LogP contribution in [-0.2, 0) is 0 Å². The molecule has 0 aromatic carbocycles. The van der Waals surface area contributed by atoms with Crippen LogP contribution < -0.4 is 0 Å². The van der Waals surface area contributed by atoms with Crippen molar-refractivity contribution in [1.82, 2.24) is 0 Å². The molecule has 0 aromatic heterocycles. The van der Waals surface area contributed by atoms with Gasteiger partial charge in [0.05, 0.1) is 0 Å². The first-order valence-corrected chi connectivity index (χ1v) is 3.18. The number of hydrogen-bond acceptors (Lipinski definition) is 3. The highest BCUT2D eigenvalue weighted by atomic mass is 35.5. The Labute approximate surface area is 63.0 Å². The lowest BCUT2D eigenvalue weighted by molar-refractivity contribution is 0.202. The highest BCUT2D eigenvalue weighted by Crippen LogP contribution is 2.18. The van der Waals surface area contributed by atoms with Gasteiger partial charge in [0.25, 0.3) is 0 Å². The van der Waals surface area contributed by atoms with Crippen molar-refractivity contribution in [2.75, 3.05) is 0 Å². The van der Waals surface area contributed by atoms with Gasteiger partial charge in [-0.2, -0.15) is 4.91 Å². The van der Waals surface area contributed by atoms with Crippen molar-refractivity contribution in [2.45, 2.75) is 12.1 Å². The van der Waals surface area contributed by atoms with E-state index in [0.29, 0.717) is 0 Å². The van der Waals surface area contributed by atoms with E-state index in [-0.39, 0.29) is 5.03 Å². The van der Waals surface area contributed by atoms with E-state index in [2.05, 4.69) is 5.18 Å². The first-order valence-electron chi connectivity index (χ1n) is 2.80. The van der Waals surface area contributed by atoms with Crippen molar-refractivity contribution in [3.05, 3.63) is 28.2 Å². The van der Waals surface area contributed by atoms with Crippen molar-refractivity contribution >= 4 is 11.6 Å². The van der Waals surface area contributed by atoms with Gasteiger partial charge in [0, 0.05) is 5.03 Å². The topological polar surface area (TPSA) is 49.7 Å². The van der Waals surface area contributed by atoms with Crippen molar-refractivity contribution < 1.29 is 5.11 Å².